The Bertz CT molecular complexity index is 669. The van der Waals surface area contributed by atoms with Crippen molar-refractivity contribution < 1.29 is 4.79 Å². The molecule has 1 N–H and O–H groups in total. The van der Waals surface area contributed by atoms with Crippen LogP contribution in [0.2, 0.25) is 5.02 Å². The van der Waals surface area contributed by atoms with Crippen molar-refractivity contribution in [1.82, 2.24) is 5.32 Å². The first-order valence-electron chi connectivity index (χ1n) is 8.07. The second-order valence-electron chi connectivity index (χ2n) is 5.80. The van der Waals surface area contributed by atoms with Crippen molar-refractivity contribution >= 4 is 23.2 Å². The number of benzene rings is 2. The van der Waals surface area contributed by atoms with Crippen LogP contribution in [0.4, 0.5) is 5.69 Å². The fraction of sp³-hybridized carbons (Fsp3) is 0.316. The van der Waals surface area contributed by atoms with Gasteiger partial charge in [-0.2, -0.15) is 0 Å². The molecule has 0 unspecified atom stereocenters. The SMILES string of the molecule is O=C(CCNCCc1ccc(Cl)cc1)N1CCc2ccccc21. The van der Waals surface area contributed by atoms with E-state index in [4.69, 9.17) is 11.6 Å². The monoisotopic (exact) mass is 328 g/mol. The van der Waals surface area contributed by atoms with Crippen molar-refractivity contribution in [3.63, 3.8) is 0 Å². The zero-order valence-corrected chi connectivity index (χ0v) is 13.9. The van der Waals surface area contributed by atoms with E-state index in [1.807, 2.05) is 47.4 Å². The lowest BCUT2D eigenvalue weighted by atomic mass is 10.1. The van der Waals surface area contributed by atoms with Crippen LogP contribution < -0.4 is 10.2 Å². The van der Waals surface area contributed by atoms with Gasteiger partial charge in [-0.1, -0.05) is 41.9 Å². The third kappa shape index (κ3) is 4.12. The zero-order valence-electron chi connectivity index (χ0n) is 13.1. The third-order valence-electron chi connectivity index (χ3n) is 4.21. The summed E-state index contributed by atoms with van der Waals surface area (Å²) in [6, 6.07) is 16.1. The van der Waals surface area contributed by atoms with Crippen molar-refractivity contribution in [2.75, 3.05) is 24.5 Å². The lowest BCUT2D eigenvalue weighted by molar-refractivity contribution is -0.118. The highest BCUT2D eigenvalue weighted by atomic mass is 35.5. The number of rotatable bonds is 6. The fourth-order valence-corrected chi connectivity index (χ4v) is 3.06. The molecule has 0 aliphatic carbocycles. The fourth-order valence-electron chi connectivity index (χ4n) is 2.94. The molecular formula is C19H21ClN2O. The molecule has 0 bridgehead atoms. The van der Waals surface area contributed by atoms with E-state index < -0.39 is 0 Å². The van der Waals surface area contributed by atoms with Gasteiger partial charge in [0.25, 0.3) is 0 Å². The standard InChI is InChI=1S/C19H21ClN2O/c20-17-7-5-15(6-8-17)9-12-21-13-10-19(23)22-14-11-16-3-1-2-4-18(16)22/h1-8,21H,9-14H2. The summed E-state index contributed by atoms with van der Waals surface area (Å²) < 4.78 is 0. The summed E-state index contributed by atoms with van der Waals surface area (Å²) in [6.07, 6.45) is 2.44. The molecule has 2 aromatic carbocycles. The van der Waals surface area contributed by atoms with Gasteiger partial charge < -0.3 is 10.2 Å². The van der Waals surface area contributed by atoms with E-state index >= 15 is 0 Å². The number of carbonyl (C=O) groups excluding carboxylic acids is 1. The third-order valence-corrected chi connectivity index (χ3v) is 4.46. The number of nitrogens with one attached hydrogen (secondary N) is 1. The molecule has 0 saturated heterocycles. The quantitative estimate of drug-likeness (QED) is 0.824. The minimum absolute atomic E-state index is 0.203. The van der Waals surface area contributed by atoms with Gasteiger partial charge in [-0.05, 0) is 48.7 Å². The molecule has 1 amide bonds. The number of hydrogen-bond acceptors (Lipinski definition) is 2. The van der Waals surface area contributed by atoms with Gasteiger partial charge in [0, 0.05) is 30.2 Å². The molecule has 23 heavy (non-hydrogen) atoms. The van der Waals surface area contributed by atoms with Gasteiger partial charge in [0.1, 0.15) is 0 Å². The van der Waals surface area contributed by atoms with Gasteiger partial charge >= 0.3 is 0 Å². The Morgan fingerprint density at radius 3 is 2.70 bits per heavy atom. The number of carbonyl (C=O) groups is 1. The first-order chi connectivity index (χ1) is 11.2. The van der Waals surface area contributed by atoms with E-state index in [0.29, 0.717) is 13.0 Å². The molecule has 1 aliphatic heterocycles. The van der Waals surface area contributed by atoms with Gasteiger partial charge in [-0.25, -0.2) is 0 Å². The van der Waals surface area contributed by atoms with Crippen LogP contribution in [0.15, 0.2) is 48.5 Å². The largest absolute Gasteiger partial charge is 0.316 e. The van der Waals surface area contributed by atoms with Gasteiger partial charge in [-0.15, -0.1) is 0 Å². The molecule has 0 spiro atoms. The van der Waals surface area contributed by atoms with Crippen molar-refractivity contribution in [3.05, 3.63) is 64.7 Å². The lowest BCUT2D eigenvalue weighted by Crippen LogP contribution is -2.32. The van der Waals surface area contributed by atoms with Crippen LogP contribution in [-0.4, -0.2) is 25.5 Å². The number of hydrogen-bond donors (Lipinski definition) is 1. The highest BCUT2D eigenvalue weighted by Gasteiger charge is 2.23. The molecule has 2 aromatic rings. The van der Waals surface area contributed by atoms with Crippen molar-refractivity contribution in [2.45, 2.75) is 19.3 Å². The smallest absolute Gasteiger partial charge is 0.228 e. The molecule has 4 heteroatoms. The number of para-hydroxylation sites is 1. The summed E-state index contributed by atoms with van der Waals surface area (Å²) in [4.78, 5) is 14.3. The van der Waals surface area contributed by atoms with Crippen LogP contribution in [0.3, 0.4) is 0 Å². The number of anilines is 1. The van der Waals surface area contributed by atoms with Crippen LogP contribution in [-0.2, 0) is 17.6 Å². The Balaban J connectivity index is 1.39. The van der Waals surface area contributed by atoms with Crippen LogP contribution in [0.25, 0.3) is 0 Å². The van der Waals surface area contributed by atoms with Gasteiger partial charge in [0.15, 0.2) is 0 Å². The second kappa shape index (κ2) is 7.62. The molecule has 0 atom stereocenters. The van der Waals surface area contributed by atoms with Crippen molar-refractivity contribution in [3.8, 4) is 0 Å². The molecule has 1 heterocycles. The highest BCUT2D eigenvalue weighted by Crippen LogP contribution is 2.27. The van der Waals surface area contributed by atoms with Gasteiger partial charge in [-0.3, -0.25) is 4.79 Å². The Hall–Kier alpha value is -1.84. The average Bonchev–Trinajstić information content (AvgIpc) is 3.00. The summed E-state index contributed by atoms with van der Waals surface area (Å²) in [5.41, 5.74) is 3.61. The number of halogens is 1. The molecule has 120 valence electrons. The van der Waals surface area contributed by atoms with E-state index in [0.717, 1.165) is 36.6 Å². The number of amides is 1. The van der Waals surface area contributed by atoms with Gasteiger partial charge in [0.2, 0.25) is 5.91 Å². The van der Waals surface area contributed by atoms with Crippen LogP contribution >= 0.6 is 11.6 Å². The summed E-state index contributed by atoms with van der Waals surface area (Å²) >= 11 is 5.87. The molecule has 0 aromatic heterocycles. The summed E-state index contributed by atoms with van der Waals surface area (Å²) in [5, 5.41) is 4.11. The molecule has 1 aliphatic rings. The van der Waals surface area contributed by atoms with E-state index in [9.17, 15) is 4.79 Å². The van der Waals surface area contributed by atoms with E-state index in [1.54, 1.807) is 0 Å². The summed E-state index contributed by atoms with van der Waals surface area (Å²) in [7, 11) is 0. The Labute approximate surface area is 142 Å². The van der Waals surface area contributed by atoms with Crippen molar-refractivity contribution in [1.29, 1.82) is 0 Å². The Morgan fingerprint density at radius 2 is 1.87 bits per heavy atom. The van der Waals surface area contributed by atoms with E-state index in [2.05, 4.69) is 11.4 Å². The normalized spacial score (nSPS) is 13.2. The van der Waals surface area contributed by atoms with Crippen LogP contribution in [0, 0.1) is 0 Å². The minimum atomic E-state index is 0.203. The lowest BCUT2D eigenvalue weighted by Gasteiger charge is -2.17. The summed E-state index contributed by atoms with van der Waals surface area (Å²) in [6.45, 7) is 2.39. The second-order valence-corrected chi connectivity index (χ2v) is 6.24. The predicted octanol–water partition coefficient (Wildman–Crippen LogP) is 3.45. The molecule has 0 saturated carbocycles. The van der Waals surface area contributed by atoms with E-state index in [-0.39, 0.29) is 5.91 Å². The zero-order chi connectivity index (χ0) is 16.1. The maximum Gasteiger partial charge on any atom is 0.228 e. The van der Waals surface area contributed by atoms with E-state index in [1.165, 1.54) is 11.1 Å². The molecule has 0 radical (unpaired) electrons. The number of fused-ring (bicyclic) bond motifs is 1. The molecule has 3 rings (SSSR count). The van der Waals surface area contributed by atoms with Crippen molar-refractivity contribution in [2.24, 2.45) is 0 Å². The Kier molecular flexibility index (Phi) is 5.31. The number of nitrogens with zero attached hydrogens (tertiary/aromatic N) is 1. The Morgan fingerprint density at radius 1 is 1.09 bits per heavy atom. The van der Waals surface area contributed by atoms with Crippen LogP contribution in [0.1, 0.15) is 17.5 Å². The average molecular weight is 329 g/mol. The maximum atomic E-state index is 12.3. The molecule has 0 fully saturated rings. The first kappa shape index (κ1) is 16.0. The topological polar surface area (TPSA) is 32.3 Å². The minimum Gasteiger partial charge on any atom is -0.316 e. The highest BCUT2D eigenvalue weighted by molar-refractivity contribution is 6.30. The molecular weight excluding hydrogens is 308 g/mol. The van der Waals surface area contributed by atoms with Crippen LogP contribution in [0.5, 0.6) is 0 Å². The summed E-state index contributed by atoms with van der Waals surface area (Å²) in [5.74, 6) is 0.203. The predicted molar refractivity (Wildman–Crippen MR) is 95.1 cm³/mol. The maximum absolute atomic E-state index is 12.3. The molecule has 3 nitrogen and oxygen atoms in total. The first-order valence-corrected chi connectivity index (χ1v) is 8.45. The van der Waals surface area contributed by atoms with Gasteiger partial charge in [0.05, 0.1) is 0 Å².